The molecule has 4 aromatic rings. The lowest BCUT2D eigenvalue weighted by molar-refractivity contribution is -0.118. The third-order valence-electron chi connectivity index (χ3n) is 4.35. The van der Waals surface area contributed by atoms with E-state index in [0.717, 1.165) is 28.8 Å². The summed E-state index contributed by atoms with van der Waals surface area (Å²) in [5.74, 6) is -5.04. The normalized spacial score (nSPS) is 10.9. The first kappa shape index (κ1) is 19.8. The number of anilines is 1. The number of nitrogens with one attached hydrogen (secondary N) is 1. The molecule has 0 saturated carbocycles. The molecule has 5 nitrogen and oxygen atoms in total. The van der Waals surface area contributed by atoms with E-state index in [4.69, 9.17) is 4.74 Å². The van der Waals surface area contributed by atoms with E-state index >= 15 is 0 Å². The molecule has 0 aliphatic heterocycles. The summed E-state index contributed by atoms with van der Waals surface area (Å²) in [5, 5.41) is 4.73. The van der Waals surface area contributed by atoms with Crippen LogP contribution in [0.3, 0.4) is 0 Å². The zero-order valence-electron chi connectivity index (χ0n) is 15.6. The fraction of sp³-hybridized carbons (Fsp3) is 0.0952. The van der Waals surface area contributed by atoms with Crippen LogP contribution in [-0.4, -0.2) is 22.5 Å². The van der Waals surface area contributed by atoms with Crippen molar-refractivity contribution < 1.29 is 22.7 Å². The molecule has 0 aliphatic rings. The number of fused-ring (bicyclic) bond motifs is 1. The lowest BCUT2D eigenvalue weighted by Gasteiger charge is -2.10. The van der Waals surface area contributed by atoms with E-state index in [9.17, 15) is 18.0 Å². The fourth-order valence-corrected chi connectivity index (χ4v) is 3.75. The molecule has 0 atom stereocenters. The molecule has 152 valence electrons. The van der Waals surface area contributed by atoms with Crippen molar-refractivity contribution in [3.8, 4) is 17.0 Å². The molecule has 0 unspecified atom stereocenters. The lowest BCUT2D eigenvalue weighted by atomic mass is 10.0. The fourth-order valence-electron chi connectivity index (χ4n) is 2.85. The van der Waals surface area contributed by atoms with Gasteiger partial charge in [-0.2, -0.15) is 0 Å². The van der Waals surface area contributed by atoms with Crippen molar-refractivity contribution in [2.24, 2.45) is 0 Å². The summed E-state index contributed by atoms with van der Waals surface area (Å²) < 4.78 is 45.6. The molecule has 0 aliphatic carbocycles. The minimum Gasteiger partial charge on any atom is -0.467 e. The van der Waals surface area contributed by atoms with Crippen molar-refractivity contribution in [3.63, 3.8) is 0 Å². The lowest BCUT2D eigenvalue weighted by Crippen LogP contribution is -2.21. The molecule has 0 radical (unpaired) electrons. The number of thiophene rings is 1. The average Bonchev–Trinajstić information content (AvgIpc) is 3.18. The highest BCUT2D eigenvalue weighted by Gasteiger charge is 2.18. The number of aromatic nitrogens is 2. The van der Waals surface area contributed by atoms with E-state index in [0.29, 0.717) is 10.2 Å². The Kier molecular flexibility index (Phi) is 5.37. The number of benzene rings is 2. The Morgan fingerprint density at radius 3 is 2.60 bits per heavy atom. The minimum atomic E-state index is -1.66. The van der Waals surface area contributed by atoms with Gasteiger partial charge in [0.1, 0.15) is 11.2 Å². The van der Waals surface area contributed by atoms with Gasteiger partial charge in [0, 0.05) is 10.9 Å². The Morgan fingerprint density at radius 2 is 1.83 bits per heavy atom. The molecule has 30 heavy (non-hydrogen) atoms. The van der Waals surface area contributed by atoms with Crippen LogP contribution in [0.2, 0.25) is 0 Å². The van der Waals surface area contributed by atoms with E-state index in [1.54, 1.807) is 0 Å². The summed E-state index contributed by atoms with van der Waals surface area (Å²) in [4.78, 5) is 21.2. The van der Waals surface area contributed by atoms with E-state index in [1.807, 2.05) is 36.6 Å². The zero-order valence-corrected chi connectivity index (χ0v) is 16.4. The first-order valence-corrected chi connectivity index (χ1v) is 9.67. The van der Waals surface area contributed by atoms with Crippen molar-refractivity contribution in [3.05, 3.63) is 71.1 Å². The van der Waals surface area contributed by atoms with E-state index in [1.165, 1.54) is 17.7 Å². The monoisotopic (exact) mass is 429 g/mol. The number of carbonyl (C=O) groups is 1. The van der Waals surface area contributed by atoms with Crippen LogP contribution in [0.15, 0.2) is 48.1 Å². The number of halogens is 3. The Bertz CT molecular complexity index is 1240. The van der Waals surface area contributed by atoms with Crippen LogP contribution in [0.4, 0.5) is 18.9 Å². The topological polar surface area (TPSA) is 64.1 Å². The Balaban J connectivity index is 1.56. The van der Waals surface area contributed by atoms with Gasteiger partial charge in [0.15, 0.2) is 24.1 Å². The van der Waals surface area contributed by atoms with Crippen molar-refractivity contribution in [2.45, 2.75) is 6.92 Å². The third-order valence-corrected chi connectivity index (χ3v) is 5.23. The van der Waals surface area contributed by atoms with E-state index < -0.39 is 35.7 Å². The van der Waals surface area contributed by atoms with Crippen molar-refractivity contribution in [1.29, 1.82) is 0 Å². The van der Waals surface area contributed by atoms with Gasteiger partial charge < -0.3 is 10.1 Å². The quantitative estimate of drug-likeness (QED) is 0.448. The van der Waals surface area contributed by atoms with Gasteiger partial charge in [-0.3, -0.25) is 4.79 Å². The van der Waals surface area contributed by atoms with Gasteiger partial charge >= 0.3 is 0 Å². The number of hydrogen-bond donors (Lipinski definition) is 1. The smallest absolute Gasteiger partial charge is 0.262 e. The van der Waals surface area contributed by atoms with Crippen LogP contribution in [0.5, 0.6) is 5.88 Å². The standard InChI is InChI=1S/C21H14F3N3O2S/c1-11-2-4-12(5-3-11)13-9-30-21-17(13)20(25-10-26-21)29-8-16(28)27-15-7-6-14(22)18(23)19(15)24/h2-7,9-10H,8H2,1H3,(H,27,28). The molecule has 2 heterocycles. The first-order valence-electron chi connectivity index (χ1n) is 8.79. The first-order chi connectivity index (χ1) is 14.4. The summed E-state index contributed by atoms with van der Waals surface area (Å²) in [6.45, 7) is 1.48. The second-order valence-electron chi connectivity index (χ2n) is 6.43. The molecule has 1 N–H and O–H groups in total. The molecule has 0 saturated heterocycles. The predicted octanol–water partition coefficient (Wildman–Crippen LogP) is 5.10. The molecule has 4 rings (SSSR count). The van der Waals surface area contributed by atoms with Crippen LogP contribution < -0.4 is 10.1 Å². The molecule has 2 aromatic heterocycles. The molecule has 0 fully saturated rings. The largest absolute Gasteiger partial charge is 0.467 e. The van der Waals surface area contributed by atoms with Crippen molar-refractivity contribution in [1.82, 2.24) is 9.97 Å². The Hall–Kier alpha value is -3.46. The molecular formula is C21H14F3N3O2S. The average molecular weight is 429 g/mol. The zero-order chi connectivity index (χ0) is 21.3. The van der Waals surface area contributed by atoms with Gasteiger partial charge in [-0.25, -0.2) is 23.1 Å². The van der Waals surface area contributed by atoms with Crippen LogP contribution in [0, 0.1) is 24.4 Å². The Labute approximate surface area is 173 Å². The van der Waals surface area contributed by atoms with Gasteiger partial charge in [0.25, 0.3) is 5.91 Å². The maximum Gasteiger partial charge on any atom is 0.262 e. The maximum absolute atomic E-state index is 13.7. The van der Waals surface area contributed by atoms with Gasteiger partial charge in [-0.1, -0.05) is 29.8 Å². The van der Waals surface area contributed by atoms with E-state index in [2.05, 4.69) is 15.3 Å². The van der Waals surface area contributed by atoms with Crippen LogP contribution in [0.1, 0.15) is 5.56 Å². The summed E-state index contributed by atoms with van der Waals surface area (Å²) in [6, 6.07) is 9.54. The number of nitrogens with zero attached hydrogens (tertiary/aromatic N) is 2. The second-order valence-corrected chi connectivity index (χ2v) is 7.29. The summed E-state index contributed by atoms with van der Waals surface area (Å²) in [5.41, 5.74) is 2.44. The highest BCUT2D eigenvalue weighted by atomic mass is 32.1. The van der Waals surface area contributed by atoms with Gasteiger partial charge in [0.05, 0.1) is 11.1 Å². The third kappa shape index (κ3) is 3.84. The van der Waals surface area contributed by atoms with E-state index in [-0.39, 0.29) is 5.88 Å². The number of carbonyl (C=O) groups excluding carboxylic acids is 1. The summed E-state index contributed by atoms with van der Waals surface area (Å²) >= 11 is 1.41. The van der Waals surface area contributed by atoms with Crippen molar-refractivity contribution in [2.75, 3.05) is 11.9 Å². The maximum atomic E-state index is 13.7. The molecule has 0 bridgehead atoms. The molecule has 9 heteroatoms. The number of amides is 1. The van der Waals surface area contributed by atoms with Gasteiger partial charge in [0.2, 0.25) is 5.88 Å². The van der Waals surface area contributed by atoms with Crippen LogP contribution in [-0.2, 0) is 4.79 Å². The van der Waals surface area contributed by atoms with Gasteiger partial charge in [-0.05, 0) is 24.6 Å². The number of ether oxygens (including phenoxy) is 1. The SMILES string of the molecule is Cc1ccc(-c2csc3ncnc(OCC(=O)Nc4ccc(F)c(F)c4F)c23)cc1. The second kappa shape index (κ2) is 8.11. The predicted molar refractivity (Wildman–Crippen MR) is 108 cm³/mol. The molecule has 0 spiro atoms. The molecule has 2 aromatic carbocycles. The van der Waals surface area contributed by atoms with Crippen molar-refractivity contribution >= 4 is 33.1 Å². The number of hydrogen-bond acceptors (Lipinski definition) is 5. The van der Waals surface area contributed by atoms with Gasteiger partial charge in [-0.15, -0.1) is 11.3 Å². The van der Waals surface area contributed by atoms with Crippen LogP contribution in [0.25, 0.3) is 21.3 Å². The highest BCUT2D eigenvalue weighted by Crippen LogP contribution is 2.37. The molecule has 1 amide bonds. The molecular weight excluding hydrogens is 415 g/mol. The number of rotatable bonds is 5. The highest BCUT2D eigenvalue weighted by molar-refractivity contribution is 7.17. The Morgan fingerprint density at radius 1 is 1.07 bits per heavy atom. The summed E-state index contributed by atoms with van der Waals surface area (Å²) in [7, 11) is 0. The summed E-state index contributed by atoms with van der Waals surface area (Å²) in [6.07, 6.45) is 1.32. The van der Waals surface area contributed by atoms with Crippen LogP contribution >= 0.6 is 11.3 Å². The number of aryl methyl sites for hydroxylation is 1. The minimum absolute atomic E-state index is 0.192.